The Balaban J connectivity index is 2.05. The number of ether oxygens (including phenoxy) is 1. The smallest absolute Gasteiger partial charge is 0.123 e. The SMILES string of the molecule is CC(C)(C)N1CCOC(c2nccs2)C1. The van der Waals surface area contributed by atoms with Crippen LogP contribution in [0.3, 0.4) is 0 Å². The van der Waals surface area contributed by atoms with E-state index in [1.165, 1.54) is 0 Å². The summed E-state index contributed by atoms with van der Waals surface area (Å²) in [6.45, 7) is 9.52. The van der Waals surface area contributed by atoms with Crippen LogP contribution >= 0.6 is 11.3 Å². The fraction of sp³-hybridized carbons (Fsp3) is 0.727. The lowest BCUT2D eigenvalue weighted by atomic mass is 10.0. The second-order valence-corrected chi connectivity index (χ2v) is 5.77. The summed E-state index contributed by atoms with van der Waals surface area (Å²) in [5, 5.41) is 3.11. The molecule has 0 aromatic carbocycles. The van der Waals surface area contributed by atoms with Gasteiger partial charge in [0.15, 0.2) is 0 Å². The van der Waals surface area contributed by atoms with E-state index in [9.17, 15) is 0 Å². The van der Waals surface area contributed by atoms with Crippen molar-refractivity contribution < 1.29 is 4.74 Å². The van der Waals surface area contributed by atoms with Crippen molar-refractivity contribution in [1.29, 1.82) is 0 Å². The normalized spacial score (nSPS) is 24.3. The van der Waals surface area contributed by atoms with Gasteiger partial charge in [0.25, 0.3) is 0 Å². The first-order valence-electron chi connectivity index (χ1n) is 5.33. The van der Waals surface area contributed by atoms with Crippen molar-refractivity contribution in [2.24, 2.45) is 0 Å². The van der Waals surface area contributed by atoms with Crippen molar-refractivity contribution in [2.45, 2.75) is 32.4 Å². The van der Waals surface area contributed by atoms with Gasteiger partial charge in [-0.3, -0.25) is 4.90 Å². The zero-order valence-electron chi connectivity index (χ0n) is 9.56. The minimum atomic E-state index is 0.165. The Labute approximate surface area is 95.1 Å². The molecule has 1 aromatic heterocycles. The van der Waals surface area contributed by atoms with Crippen LogP contribution in [-0.4, -0.2) is 35.1 Å². The minimum Gasteiger partial charge on any atom is -0.368 e. The predicted molar refractivity (Wildman–Crippen MR) is 62.1 cm³/mol. The molecule has 0 aliphatic carbocycles. The van der Waals surface area contributed by atoms with E-state index in [2.05, 4.69) is 30.7 Å². The number of nitrogens with zero attached hydrogens (tertiary/aromatic N) is 2. The van der Waals surface area contributed by atoms with Crippen molar-refractivity contribution >= 4 is 11.3 Å². The molecule has 15 heavy (non-hydrogen) atoms. The lowest BCUT2D eigenvalue weighted by molar-refractivity contribution is -0.0597. The molecule has 1 saturated heterocycles. The Morgan fingerprint density at radius 1 is 1.53 bits per heavy atom. The topological polar surface area (TPSA) is 25.4 Å². The molecule has 1 unspecified atom stereocenters. The molecule has 0 bridgehead atoms. The number of hydrogen-bond donors (Lipinski definition) is 0. The van der Waals surface area contributed by atoms with E-state index in [-0.39, 0.29) is 11.6 Å². The van der Waals surface area contributed by atoms with E-state index in [0.29, 0.717) is 0 Å². The van der Waals surface area contributed by atoms with Crippen molar-refractivity contribution in [3.63, 3.8) is 0 Å². The number of morpholine rings is 1. The number of aromatic nitrogens is 1. The maximum Gasteiger partial charge on any atom is 0.123 e. The van der Waals surface area contributed by atoms with Gasteiger partial charge < -0.3 is 4.74 Å². The number of thiazole rings is 1. The van der Waals surface area contributed by atoms with Crippen molar-refractivity contribution in [1.82, 2.24) is 9.88 Å². The van der Waals surface area contributed by atoms with Gasteiger partial charge in [0.2, 0.25) is 0 Å². The van der Waals surface area contributed by atoms with E-state index in [1.54, 1.807) is 11.3 Å². The molecule has 0 amide bonds. The van der Waals surface area contributed by atoms with Crippen LogP contribution < -0.4 is 0 Å². The highest BCUT2D eigenvalue weighted by molar-refractivity contribution is 7.09. The predicted octanol–water partition coefficient (Wildman–Crippen LogP) is 2.31. The molecule has 0 spiro atoms. The van der Waals surface area contributed by atoms with Gasteiger partial charge in [0, 0.05) is 30.2 Å². The third-order valence-electron chi connectivity index (χ3n) is 2.74. The zero-order chi connectivity index (χ0) is 10.9. The molecule has 1 aliphatic heterocycles. The summed E-state index contributed by atoms with van der Waals surface area (Å²) in [6.07, 6.45) is 2.01. The standard InChI is InChI=1S/C11H18N2OS/c1-11(2,3)13-5-6-14-9(8-13)10-12-4-7-15-10/h4,7,9H,5-6,8H2,1-3H3. The monoisotopic (exact) mass is 226 g/mol. The maximum atomic E-state index is 5.75. The average Bonchev–Trinajstić information content (AvgIpc) is 2.69. The van der Waals surface area contributed by atoms with E-state index >= 15 is 0 Å². The van der Waals surface area contributed by atoms with Crippen LogP contribution in [0.1, 0.15) is 31.9 Å². The van der Waals surface area contributed by atoms with Crippen LogP contribution in [0.15, 0.2) is 11.6 Å². The summed E-state index contributed by atoms with van der Waals surface area (Å²) in [5.74, 6) is 0. The van der Waals surface area contributed by atoms with Crippen LogP contribution in [0.25, 0.3) is 0 Å². The first-order valence-corrected chi connectivity index (χ1v) is 6.21. The molecule has 2 heterocycles. The van der Waals surface area contributed by atoms with Gasteiger partial charge in [-0.15, -0.1) is 11.3 Å². The fourth-order valence-electron chi connectivity index (χ4n) is 1.80. The highest BCUT2D eigenvalue weighted by Gasteiger charge is 2.30. The number of hydrogen-bond acceptors (Lipinski definition) is 4. The summed E-state index contributed by atoms with van der Waals surface area (Å²) in [5.41, 5.74) is 0.222. The van der Waals surface area contributed by atoms with Crippen LogP contribution in [0.4, 0.5) is 0 Å². The summed E-state index contributed by atoms with van der Waals surface area (Å²) in [7, 11) is 0. The molecule has 2 rings (SSSR count). The highest BCUT2D eigenvalue weighted by atomic mass is 32.1. The maximum absolute atomic E-state index is 5.75. The van der Waals surface area contributed by atoms with Gasteiger partial charge in [-0.05, 0) is 20.8 Å². The summed E-state index contributed by atoms with van der Waals surface area (Å²) >= 11 is 1.68. The van der Waals surface area contributed by atoms with Crippen LogP contribution in [0, 0.1) is 0 Å². The Morgan fingerprint density at radius 3 is 2.93 bits per heavy atom. The summed E-state index contributed by atoms with van der Waals surface area (Å²) in [4.78, 5) is 6.78. The second kappa shape index (κ2) is 4.20. The third kappa shape index (κ3) is 2.56. The minimum absolute atomic E-state index is 0.165. The molecule has 1 aromatic rings. The van der Waals surface area contributed by atoms with Gasteiger partial charge in [0.1, 0.15) is 11.1 Å². The highest BCUT2D eigenvalue weighted by Crippen LogP contribution is 2.27. The Hall–Kier alpha value is -0.450. The van der Waals surface area contributed by atoms with Gasteiger partial charge in [-0.1, -0.05) is 0 Å². The van der Waals surface area contributed by atoms with Crippen molar-refractivity contribution in [3.05, 3.63) is 16.6 Å². The third-order valence-corrected chi connectivity index (χ3v) is 3.61. The molecule has 84 valence electrons. The number of rotatable bonds is 1. The van der Waals surface area contributed by atoms with Crippen molar-refractivity contribution in [2.75, 3.05) is 19.7 Å². The summed E-state index contributed by atoms with van der Waals surface area (Å²) in [6, 6.07) is 0. The van der Waals surface area contributed by atoms with Gasteiger partial charge in [-0.2, -0.15) is 0 Å². The van der Waals surface area contributed by atoms with Gasteiger partial charge in [0.05, 0.1) is 6.61 Å². The van der Waals surface area contributed by atoms with E-state index in [4.69, 9.17) is 4.74 Å². The lowest BCUT2D eigenvalue weighted by Gasteiger charge is -2.40. The quantitative estimate of drug-likeness (QED) is 0.735. The average molecular weight is 226 g/mol. The van der Waals surface area contributed by atoms with Gasteiger partial charge >= 0.3 is 0 Å². The molecule has 3 nitrogen and oxygen atoms in total. The molecule has 0 saturated carbocycles. The molecular weight excluding hydrogens is 208 g/mol. The zero-order valence-corrected chi connectivity index (χ0v) is 10.4. The van der Waals surface area contributed by atoms with Crippen LogP contribution in [0.5, 0.6) is 0 Å². The molecule has 4 heteroatoms. The van der Waals surface area contributed by atoms with Crippen LogP contribution in [-0.2, 0) is 4.74 Å². The van der Waals surface area contributed by atoms with E-state index in [1.807, 2.05) is 11.6 Å². The second-order valence-electron chi connectivity index (χ2n) is 4.85. The van der Waals surface area contributed by atoms with Gasteiger partial charge in [-0.25, -0.2) is 4.98 Å². The Kier molecular flexibility index (Phi) is 3.09. The Bertz CT molecular complexity index is 305. The molecule has 0 radical (unpaired) electrons. The van der Waals surface area contributed by atoms with E-state index in [0.717, 1.165) is 24.7 Å². The molecule has 1 aliphatic rings. The summed E-state index contributed by atoms with van der Waals surface area (Å²) < 4.78 is 5.75. The molecule has 1 fully saturated rings. The van der Waals surface area contributed by atoms with E-state index < -0.39 is 0 Å². The molecular formula is C11H18N2OS. The molecule has 0 N–H and O–H groups in total. The lowest BCUT2D eigenvalue weighted by Crippen LogP contribution is -2.48. The van der Waals surface area contributed by atoms with Crippen LogP contribution in [0.2, 0.25) is 0 Å². The molecule has 1 atom stereocenters. The Morgan fingerprint density at radius 2 is 2.33 bits per heavy atom. The fourth-order valence-corrected chi connectivity index (χ4v) is 2.48. The first-order chi connectivity index (χ1) is 7.07. The first kappa shape index (κ1) is 11.0. The largest absolute Gasteiger partial charge is 0.368 e. The van der Waals surface area contributed by atoms with Crippen molar-refractivity contribution in [3.8, 4) is 0 Å².